The van der Waals surface area contributed by atoms with Crippen LogP contribution in [0.5, 0.6) is 0 Å². The van der Waals surface area contributed by atoms with E-state index in [1.54, 1.807) is 0 Å². The molecule has 0 aromatic heterocycles. The van der Waals surface area contributed by atoms with Crippen LogP contribution >= 0.6 is 0 Å². The van der Waals surface area contributed by atoms with E-state index < -0.39 is 0 Å². The first kappa shape index (κ1) is 44.6. The van der Waals surface area contributed by atoms with Gasteiger partial charge in [-0.05, 0) is 84.9 Å². The van der Waals surface area contributed by atoms with E-state index in [0.717, 1.165) is 17.1 Å². The van der Waals surface area contributed by atoms with E-state index in [9.17, 15) is 0 Å². The van der Waals surface area contributed by atoms with E-state index in [1.807, 2.05) is 52.8 Å². The Bertz CT molecular complexity index is 1040. The van der Waals surface area contributed by atoms with Crippen molar-refractivity contribution in [1.29, 1.82) is 0 Å². The summed E-state index contributed by atoms with van der Waals surface area (Å²) in [5.41, 5.74) is 11.3. The molecule has 0 heterocycles. The van der Waals surface area contributed by atoms with Crippen LogP contribution in [0.25, 0.3) is 5.57 Å². The highest BCUT2D eigenvalue weighted by Gasteiger charge is 2.09. The molecule has 0 saturated heterocycles. The van der Waals surface area contributed by atoms with Crippen LogP contribution < -0.4 is 0 Å². The minimum absolute atomic E-state index is 1.09. The summed E-state index contributed by atoms with van der Waals surface area (Å²) in [5, 5.41) is 0. The second-order valence-corrected chi connectivity index (χ2v) is 11.2. The molecule has 0 N–H and O–H groups in total. The molecule has 242 valence electrons. The van der Waals surface area contributed by atoms with Crippen molar-refractivity contribution in [3.63, 3.8) is 0 Å². The predicted octanol–water partition coefficient (Wildman–Crippen LogP) is 14.9. The molecule has 0 spiro atoms. The van der Waals surface area contributed by atoms with Gasteiger partial charge in [0.15, 0.2) is 0 Å². The summed E-state index contributed by atoms with van der Waals surface area (Å²) in [7, 11) is 0. The van der Waals surface area contributed by atoms with E-state index in [2.05, 4.69) is 124 Å². The summed E-state index contributed by atoms with van der Waals surface area (Å²) < 4.78 is 0. The van der Waals surface area contributed by atoms with Crippen molar-refractivity contribution in [2.45, 2.75) is 135 Å². The maximum atomic E-state index is 3.99. The Labute approximate surface area is 270 Å². The summed E-state index contributed by atoms with van der Waals surface area (Å²) in [4.78, 5) is 0. The fraction of sp³-hybridized carbons (Fsp3) is 0.488. The van der Waals surface area contributed by atoms with Crippen LogP contribution in [0.3, 0.4) is 0 Å². The smallest absolute Gasteiger partial charge is 0.0233 e. The van der Waals surface area contributed by atoms with Gasteiger partial charge in [0, 0.05) is 0 Å². The first-order valence-electron chi connectivity index (χ1n) is 16.8. The lowest BCUT2D eigenvalue weighted by Gasteiger charge is -2.18. The zero-order chi connectivity index (χ0) is 33.8. The molecule has 43 heavy (non-hydrogen) atoms. The van der Waals surface area contributed by atoms with Gasteiger partial charge in [0.25, 0.3) is 0 Å². The summed E-state index contributed by atoms with van der Waals surface area (Å²) in [5.74, 6) is 1.09. The van der Waals surface area contributed by atoms with Gasteiger partial charge in [0.2, 0.25) is 0 Å². The number of hydrogen-bond acceptors (Lipinski definition) is 0. The Hall–Kier alpha value is -2.86. The molecular formula is C43H70. The lowest BCUT2D eigenvalue weighted by atomic mass is 9.88. The average Bonchev–Trinajstić information content (AvgIpc) is 3.03. The molecule has 0 amide bonds. The van der Waals surface area contributed by atoms with Crippen molar-refractivity contribution in [2.75, 3.05) is 0 Å². The van der Waals surface area contributed by atoms with Crippen LogP contribution in [0, 0.1) is 19.8 Å². The van der Waals surface area contributed by atoms with E-state index in [1.165, 1.54) is 77.5 Å². The third kappa shape index (κ3) is 24.3. The summed E-state index contributed by atoms with van der Waals surface area (Å²) in [6, 6.07) is 18.7. The molecule has 3 rings (SSSR count). The third-order valence-corrected chi connectivity index (χ3v) is 7.20. The molecule has 1 aliphatic carbocycles. The van der Waals surface area contributed by atoms with Crippen molar-refractivity contribution in [3.8, 4) is 0 Å². The van der Waals surface area contributed by atoms with Gasteiger partial charge >= 0.3 is 0 Å². The van der Waals surface area contributed by atoms with Crippen LogP contribution in [0.4, 0.5) is 0 Å². The number of allylic oxidation sites excluding steroid dienone is 8. The average molecular weight is 587 g/mol. The summed E-state index contributed by atoms with van der Waals surface area (Å²) >= 11 is 0. The van der Waals surface area contributed by atoms with Gasteiger partial charge in [-0.2, -0.15) is 0 Å². The minimum atomic E-state index is 1.09. The predicted molar refractivity (Wildman–Crippen MR) is 203 cm³/mol. The third-order valence-electron chi connectivity index (χ3n) is 7.20. The molecular weight excluding hydrogens is 516 g/mol. The van der Waals surface area contributed by atoms with E-state index in [0.29, 0.717) is 0 Å². The minimum Gasteiger partial charge on any atom is -0.0955 e. The van der Waals surface area contributed by atoms with Gasteiger partial charge in [-0.15, -0.1) is 0 Å². The van der Waals surface area contributed by atoms with Crippen molar-refractivity contribution in [1.82, 2.24) is 0 Å². The second kappa shape index (κ2) is 29.2. The highest BCUT2D eigenvalue weighted by Crippen LogP contribution is 2.25. The van der Waals surface area contributed by atoms with Gasteiger partial charge in [0.1, 0.15) is 0 Å². The van der Waals surface area contributed by atoms with Gasteiger partial charge in [-0.3, -0.25) is 0 Å². The zero-order valence-corrected chi connectivity index (χ0v) is 31.1. The number of hydrogen-bond donors (Lipinski definition) is 0. The Morgan fingerprint density at radius 1 is 0.698 bits per heavy atom. The molecule has 1 aliphatic rings. The topological polar surface area (TPSA) is 0 Å². The van der Waals surface area contributed by atoms with Gasteiger partial charge in [0.05, 0.1) is 0 Å². The highest BCUT2D eigenvalue weighted by molar-refractivity contribution is 5.61. The maximum Gasteiger partial charge on any atom is -0.0233 e. The van der Waals surface area contributed by atoms with Crippen LogP contribution in [0.2, 0.25) is 0 Å². The molecule has 0 nitrogen and oxygen atoms in total. The molecule has 0 bridgehead atoms. The SMILES string of the molecule is C=C(C)C(/C=C(C)/C(C)=C/C)=C(C)C.C=C(C)c1ccc(C)cc1.CC.CC.CCC1CCCCC1.Cc1ccccc1. The summed E-state index contributed by atoms with van der Waals surface area (Å²) in [6.07, 6.45) is 13.3. The first-order valence-corrected chi connectivity index (χ1v) is 16.8. The van der Waals surface area contributed by atoms with Crippen molar-refractivity contribution in [3.05, 3.63) is 124 Å². The quantitative estimate of drug-likeness (QED) is 0.306. The van der Waals surface area contributed by atoms with Crippen LogP contribution in [-0.4, -0.2) is 0 Å². The fourth-order valence-electron chi connectivity index (χ4n) is 4.22. The van der Waals surface area contributed by atoms with E-state index in [-0.39, 0.29) is 0 Å². The normalized spacial score (nSPS) is 12.4. The Morgan fingerprint density at radius 3 is 1.47 bits per heavy atom. The highest BCUT2D eigenvalue weighted by atomic mass is 14.2. The van der Waals surface area contributed by atoms with E-state index in [4.69, 9.17) is 0 Å². The molecule has 0 atom stereocenters. The maximum absolute atomic E-state index is 3.99. The Morgan fingerprint density at radius 2 is 1.16 bits per heavy atom. The largest absolute Gasteiger partial charge is 0.0955 e. The lowest BCUT2D eigenvalue weighted by molar-refractivity contribution is 0.349. The van der Waals surface area contributed by atoms with Crippen molar-refractivity contribution >= 4 is 5.57 Å². The van der Waals surface area contributed by atoms with Gasteiger partial charge in [-0.1, -0.05) is 186 Å². The van der Waals surface area contributed by atoms with Crippen molar-refractivity contribution in [2.24, 2.45) is 5.92 Å². The Kier molecular flexibility index (Phi) is 30.3. The standard InChI is InChI=1S/C14H22.C10H12.C8H16.C7H8.2C2H6/c1-8-12(6)13(7)9-14(10(2)3)11(4)5;1-8(2)10-6-4-9(3)5-7-10;1-2-8-6-4-3-5-7-8;1-7-5-3-2-4-6-7;2*1-2/h8-9H,2H2,1,3-7H3;4-7H,1H2,2-3H3;8H,2-7H2,1H3;2-6H,1H3;2*1-2H3/b12-8+,13-9+;;;;;. The Balaban J connectivity index is -0.000000489. The zero-order valence-electron chi connectivity index (χ0n) is 31.1. The van der Waals surface area contributed by atoms with Gasteiger partial charge < -0.3 is 0 Å². The molecule has 2 aromatic carbocycles. The van der Waals surface area contributed by atoms with Crippen LogP contribution in [0.1, 0.15) is 138 Å². The monoisotopic (exact) mass is 587 g/mol. The lowest BCUT2D eigenvalue weighted by Crippen LogP contribution is -2.03. The first-order chi connectivity index (χ1) is 20.4. The molecule has 2 aromatic rings. The van der Waals surface area contributed by atoms with E-state index >= 15 is 0 Å². The molecule has 0 heteroatoms. The van der Waals surface area contributed by atoms with Gasteiger partial charge in [-0.25, -0.2) is 0 Å². The molecule has 1 saturated carbocycles. The molecule has 0 aliphatic heterocycles. The van der Waals surface area contributed by atoms with Crippen LogP contribution in [0.15, 0.2) is 108 Å². The van der Waals surface area contributed by atoms with Crippen LogP contribution in [-0.2, 0) is 0 Å². The number of aryl methyl sites for hydroxylation is 2. The molecule has 1 fully saturated rings. The summed E-state index contributed by atoms with van der Waals surface area (Å²) in [6.45, 7) is 37.0. The number of rotatable bonds is 5. The fourth-order valence-corrected chi connectivity index (χ4v) is 4.22. The molecule has 0 radical (unpaired) electrons. The van der Waals surface area contributed by atoms with Crippen molar-refractivity contribution < 1.29 is 0 Å². The second-order valence-electron chi connectivity index (χ2n) is 11.2. The molecule has 0 unspecified atom stereocenters. The number of benzene rings is 2.